The first kappa shape index (κ1) is 16.3. The molecule has 0 bridgehead atoms. The van der Waals surface area contributed by atoms with Gasteiger partial charge in [-0.25, -0.2) is 4.98 Å². The summed E-state index contributed by atoms with van der Waals surface area (Å²) in [7, 11) is 1.57. The van der Waals surface area contributed by atoms with Gasteiger partial charge in [-0.1, -0.05) is 12.1 Å². The van der Waals surface area contributed by atoms with E-state index in [1.807, 2.05) is 30.3 Å². The summed E-state index contributed by atoms with van der Waals surface area (Å²) in [6.07, 6.45) is 1.53. The van der Waals surface area contributed by atoms with Crippen molar-refractivity contribution in [2.75, 3.05) is 30.4 Å². The van der Waals surface area contributed by atoms with E-state index in [2.05, 4.69) is 30.4 Å². The quantitative estimate of drug-likeness (QED) is 0.747. The number of rotatable bonds is 4. The fourth-order valence-electron chi connectivity index (χ4n) is 3.19. The molecule has 3 aromatic rings. The number of imidazole rings is 1. The predicted octanol–water partition coefficient (Wildman–Crippen LogP) is 2.22. The monoisotopic (exact) mass is 352 g/mol. The molecule has 0 saturated carbocycles. The molecule has 4 rings (SSSR count). The number of carbonyl (C=O) groups is 1. The van der Waals surface area contributed by atoms with Crippen LogP contribution >= 0.6 is 0 Å². The Labute approximate surface area is 150 Å². The van der Waals surface area contributed by atoms with E-state index in [0.29, 0.717) is 11.8 Å². The molecule has 0 spiro atoms. The maximum atomic E-state index is 12.5. The van der Waals surface area contributed by atoms with Crippen molar-refractivity contribution >= 4 is 28.7 Å². The van der Waals surface area contributed by atoms with Gasteiger partial charge in [0, 0.05) is 25.1 Å². The minimum Gasteiger partial charge on any atom is -0.480 e. The van der Waals surface area contributed by atoms with Crippen molar-refractivity contribution in [2.45, 2.75) is 12.8 Å². The zero-order valence-corrected chi connectivity index (χ0v) is 14.5. The summed E-state index contributed by atoms with van der Waals surface area (Å²) < 4.78 is 5.03. The maximum absolute atomic E-state index is 12.5. The number of H-pyrrole nitrogens is 1. The molecule has 1 fully saturated rings. The number of carbonyl (C=O) groups excluding carboxylic acids is 1. The third-order valence-corrected chi connectivity index (χ3v) is 4.66. The van der Waals surface area contributed by atoms with E-state index in [0.717, 1.165) is 42.8 Å². The Morgan fingerprint density at radius 2 is 2.00 bits per heavy atom. The van der Waals surface area contributed by atoms with E-state index in [1.165, 1.54) is 0 Å². The van der Waals surface area contributed by atoms with Crippen molar-refractivity contribution in [3.8, 4) is 5.88 Å². The van der Waals surface area contributed by atoms with Gasteiger partial charge in [0.05, 0.1) is 18.1 Å². The number of piperidine rings is 1. The largest absolute Gasteiger partial charge is 0.480 e. The molecule has 1 amide bonds. The Morgan fingerprint density at radius 3 is 2.69 bits per heavy atom. The summed E-state index contributed by atoms with van der Waals surface area (Å²) in [5.74, 6) is 1.77. The standard InChI is InChI=1S/C18H20N6O2/c1-26-16-7-6-15(22-23-16)24-10-8-12(9-11-24)17(25)21-18-19-13-4-2-3-5-14(13)20-18/h2-7,12H,8-11H2,1H3,(H2,19,20,21,25). The van der Waals surface area contributed by atoms with Crippen molar-refractivity contribution in [1.82, 2.24) is 20.2 Å². The van der Waals surface area contributed by atoms with Crippen LogP contribution < -0.4 is 15.0 Å². The highest BCUT2D eigenvalue weighted by Gasteiger charge is 2.26. The molecule has 0 atom stereocenters. The van der Waals surface area contributed by atoms with Crippen molar-refractivity contribution in [3.05, 3.63) is 36.4 Å². The fourth-order valence-corrected chi connectivity index (χ4v) is 3.19. The lowest BCUT2D eigenvalue weighted by Crippen LogP contribution is -2.38. The van der Waals surface area contributed by atoms with Crippen molar-refractivity contribution < 1.29 is 9.53 Å². The SMILES string of the molecule is COc1ccc(N2CCC(C(=O)Nc3nc4ccccc4[nH]3)CC2)nn1. The van der Waals surface area contributed by atoms with Gasteiger partial charge in [0.15, 0.2) is 5.82 Å². The number of anilines is 2. The summed E-state index contributed by atoms with van der Waals surface area (Å²) in [6, 6.07) is 11.4. The molecule has 0 radical (unpaired) electrons. The summed E-state index contributed by atoms with van der Waals surface area (Å²) in [5.41, 5.74) is 1.76. The van der Waals surface area contributed by atoms with Gasteiger partial charge in [-0.2, -0.15) is 0 Å². The lowest BCUT2D eigenvalue weighted by atomic mass is 9.96. The first-order valence-corrected chi connectivity index (χ1v) is 8.61. The van der Waals surface area contributed by atoms with Crippen LogP contribution in [-0.2, 0) is 4.79 Å². The van der Waals surface area contributed by atoms with Crippen molar-refractivity contribution in [2.24, 2.45) is 5.92 Å². The van der Waals surface area contributed by atoms with Gasteiger partial charge in [-0.05, 0) is 31.0 Å². The van der Waals surface area contributed by atoms with Crippen LogP contribution in [0.4, 0.5) is 11.8 Å². The number of hydrogen-bond donors (Lipinski definition) is 2. The minimum absolute atomic E-state index is 0.00419. The van der Waals surface area contributed by atoms with E-state index in [9.17, 15) is 4.79 Å². The number of nitrogens with zero attached hydrogens (tertiary/aromatic N) is 4. The third-order valence-electron chi connectivity index (χ3n) is 4.66. The lowest BCUT2D eigenvalue weighted by molar-refractivity contribution is -0.120. The number of aromatic nitrogens is 4. The van der Waals surface area contributed by atoms with Crippen LogP contribution in [0.2, 0.25) is 0 Å². The first-order valence-electron chi connectivity index (χ1n) is 8.61. The molecule has 8 nitrogen and oxygen atoms in total. The Morgan fingerprint density at radius 1 is 1.19 bits per heavy atom. The Hall–Kier alpha value is -3.16. The van der Waals surface area contributed by atoms with Gasteiger partial charge in [-0.3, -0.25) is 10.1 Å². The van der Waals surface area contributed by atoms with Gasteiger partial charge >= 0.3 is 0 Å². The molecule has 0 unspecified atom stereocenters. The van der Waals surface area contributed by atoms with Crippen molar-refractivity contribution in [1.29, 1.82) is 0 Å². The second-order valence-electron chi connectivity index (χ2n) is 6.29. The Bertz CT molecular complexity index is 866. The average Bonchev–Trinajstić information content (AvgIpc) is 3.10. The lowest BCUT2D eigenvalue weighted by Gasteiger charge is -2.31. The van der Waals surface area contributed by atoms with E-state index in [4.69, 9.17) is 4.74 Å². The van der Waals surface area contributed by atoms with Crippen molar-refractivity contribution in [3.63, 3.8) is 0 Å². The number of benzene rings is 1. The van der Waals surface area contributed by atoms with E-state index in [1.54, 1.807) is 13.2 Å². The average molecular weight is 352 g/mol. The first-order chi connectivity index (χ1) is 12.7. The minimum atomic E-state index is -0.0364. The number of hydrogen-bond acceptors (Lipinski definition) is 6. The van der Waals surface area contributed by atoms with Crippen LogP contribution in [0.15, 0.2) is 36.4 Å². The van der Waals surface area contributed by atoms with Crippen LogP contribution in [0.1, 0.15) is 12.8 Å². The van der Waals surface area contributed by atoms with Crippen LogP contribution in [0.3, 0.4) is 0 Å². The number of ether oxygens (including phenoxy) is 1. The van der Waals surface area contributed by atoms with E-state index < -0.39 is 0 Å². The summed E-state index contributed by atoms with van der Waals surface area (Å²) >= 11 is 0. The molecule has 8 heteroatoms. The van der Waals surface area contributed by atoms with E-state index in [-0.39, 0.29) is 11.8 Å². The molecule has 1 saturated heterocycles. The number of aromatic amines is 1. The molecule has 1 aliphatic heterocycles. The number of fused-ring (bicyclic) bond motifs is 1. The summed E-state index contributed by atoms with van der Waals surface area (Å²) in [4.78, 5) is 22.2. The normalized spacial score (nSPS) is 15.2. The molecule has 26 heavy (non-hydrogen) atoms. The van der Waals surface area contributed by atoms with Gasteiger partial charge in [0.2, 0.25) is 17.7 Å². The Kier molecular flexibility index (Phi) is 4.39. The fraction of sp³-hybridized carbons (Fsp3) is 0.333. The highest BCUT2D eigenvalue weighted by molar-refractivity contribution is 5.92. The second-order valence-corrected chi connectivity index (χ2v) is 6.29. The molecule has 3 heterocycles. The van der Waals surface area contributed by atoms with Gasteiger partial charge < -0.3 is 14.6 Å². The smallest absolute Gasteiger partial charge is 0.233 e. The number of para-hydroxylation sites is 2. The zero-order valence-electron chi connectivity index (χ0n) is 14.5. The zero-order chi connectivity index (χ0) is 17.9. The van der Waals surface area contributed by atoms with Crippen LogP contribution in [0.5, 0.6) is 5.88 Å². The molecule has 134 valence electrons. The number of methoxy groups -OCH3 is 1. The predicted molar refractivity (Wildman–Crippen MR) is 98.2 cm³/mol. The third kappa shape index (κ3) is 3.30. The highest BCUT2D eigenvalue weighted by atomic mass is 16.5. The molecule has 2 aromatic heterocycles. The van der Waals surface area contributed by atoms with Crippen LogP contribution in [-0.4, -0.2) is 46.3 Å². The summed E-state index contributed by atoms with van der Waals surface area (Å²) in [5, 5.41) is 11.1. The van der Waals surface area contributed by atoms with Crippen LogP contribution in [0.25, 0.3) is 11.0 Å². The van der Waals surface area contributed by atoms with Gasteiger partial charge in [0.1, 0.15) is 0 Å². The highest BCUT2D eigenvalue weighted by Crippen LogP contribution is 2.23. The molecule has 1 aliphatic rings. The number of nitrogens with one attached hydrogen (secondary N) is 2. The maximum Gasteiger partial charge on any atom is 0.233 e. The molecule has 1 aromatic carbocycles. The van der Waals surface area contributed by atoms with Gasteiger partial charge in [0.25, 0.3) is 0 Å². The van der Waals surface area contributed by atoms with Crippen LogP contribution in [0, 0.1) is 5.92 Å². The molecular formula is C18H20N6O2. The Balaban J connectivity index is 1.35. The molecule has 0 aliphatic carbocycles. The molecular weight excluding hydrogens is 332 g/mol. The van der Waals surface area contributed by atoms with E-state index >= 15 is 0 Å². The second kappa shape index (κ2) is 6.99. The van der Waals surface area contributed by atoms with Gasteiger partial charge in [-0.15, -0.1) is 10.2 Å². The topological polar surface area (TPSA) is 96.0 Å². The molecule has 2 N–H and O–H groups in total. The summed E-state index contributed by atoms with van der Waals surface area (Å²) in [6.45, 7) is 1.53. The number of amides is 1.